The summed E-state index contributed by atoms with van der Waals surface area (Å²) in [5.41, 5.74) is 0. The van der Waals surface area contributed by atoms with Gasteiger partial charge in [0.15, 0.2) is 0 Å². The average molecular weight is 255 g/mol. The maximum absolute atomic E-state index is 11.5. The van der Waals surface area contributed by atoms with E-state index in [1.165, 1.54) is 0 Å². The van der Waals surface area contributed by atoms with E-state index in [1.54, 1.807) is 0 Å². The molecule has 2 N–H and O–H groups in total. The predicted octanol–water partition coefficient (Wildman–Crippen LogP) is 0.435. The molecule has 6 heteroatoms. The van der Waals surface area contributed by atoms with Gasteiger partial charge in [-0.05, 0) is 25.7 Å². The molecule has 6 nitrogen and oxygen atoms in total. The summed E-state index contributed by atoms with van der Waals surface area (Å²) in [6.07, 6.45) is 4.19. The van der Waals surface area contributed by atoms with Crippen LogP contribution in [0, 0.1) is 0 Å². The van der Waals surface area contributed by atoms with E-state index in [9.17, 15) is 9.59 Å². The van der Waals surface area contributed by atoms with Gasteiger partial charge in [-0.3, -0.25) is 4.79 Å². The van der Waals surface area contributed by atoms with Crippen LogP contribution in [0.3, 0.4) is 0 Å². The second kappa shape index (κ2) is 6.58. The highest BCUT2D eigenvalue weighted by Gasteiger charge is 2.19. The van der Waals surface area contributed by atoms with E-state index >= 15 is 0 Å². The molecule has 0 aromatic heterocycles. The minimum Gasteiger partial charge on any atom is -0.358 e. The summed E-state index contributed by atoms with van der Waals surface area (Å²) >= 11 is 0. The van der Waals surface area contributed by atoms with E-state index in [2.05, 4.69) is 10.6 Å². The molecule has 2 rings (SSSR count). The minimum atomic E-state index is -0.186. The molecule has 2 aliphatic rings. The number of urea groups is 1. The molecule has 0 bridgehead atoms. The number of ether oxygens (including phenoxy) is 1. The number of nitrogens with one attached hydrogen (secondary N) is 2. The molecule has 102 valence electrons. The fourth-order valence-electron chi connectivity index (χ4n) is 2.30. The Balaban J connectivity index is 1.52. The molecule has 0 aromatic rings. The lowest BCUT2D eigenvalue weighted by molar-refractivity contribution is -0.127. The Hall–Kier alpha value is -1.30. The largest absolute Gasteiger partial charge is 0.358 e. The molecule has 3 amide bonds. The van der Waals surface area contributed by atoms with Gasteiger partial charge in [-0.25, -0.2) is 4.79 Å². The highest BCUT2D eigenvalue weighted by Crippen LogP contribution is 2.09. The fraction of sp³-hybridized carbons (Fsp3) is 0.833. The second-order valence-corrected chi connectivity index (χ2v) is 4.74. The number of likely N-dealkylation sites (tertiary alicyclic amines) is 1. The SMILES string of the molecule is O=C(NCCCN1CCCC1=O)NC1CCCO1. The van der Waals surface area contributed by atoms with Crippen molar-refractivity contribution < 1.29 is 14.3 Å². The summed E-state index contributed by atoms with van der Waals surface area (Å²) in [4.78, 5) is 24.7. The molecule has 1 unspecified atom stereocenters. The van der Waals surface area contributed by atoms with Crippen molar-refractivity contribution in [2.75, 3.05) is 26.2 Å². The Kier molecular flexibility index (Phi) is 4.81. The van der Waals surface area contributed by atoms with Gasteiger partial charge in [0.05, 0.1) is 0 Å². The van der Waals surface area contributed by atoms with Crippen molar-refractivity contribution in [1.82, 2.24) is 15.5 Å². The van der Waals surface area contributed by atoms with Crippen molar-refractivity contribution in [2.45, 2.75) is 38.3 Å². The molecule has 0 aliphatic carbocycles. The summed E-state index contributed by atoms with van der Waals surface area (Å²) < 4.78 is 5.30. The molecule has 0 radical (unpaired) electrons. The first-order valence-corrected chi connectivity index (χ1v) is 6.69. The molecule has 0 spiro atoms. The lowest BCUT2D eigenvalue weighted by Gasteiger charge is -2.16. The highest BCUT2D eigenvalue weighted by molar-refractivity contribution is 5.78. The Bertz CT molecular complexity index is 303. The summed E-state index contributed by atoms with van der Waals surface area (Å²) in [5, 5.41) is 5.54. The monoisotopic (exact) mass is 255 g/mol. The van der Waals surface area contributed by atoms with E-state index in [0.29, 0.717) is 13.0 Å². The van der Waals surface area contributed by atoms with Gasteiger partial charge in [-0.15, -0.1) is 0 Å². The van der Waals surface area contributed by atoms with Gasteiger partial charge in [-0.2, -0.15) is 0 Å². The molecular formula is C12H21N3O3. The maximum atomic E-state index is 11.5. The van der Waals surface area contributed by atoms with Gasteiger partial charge in [-0.1, -0.05) is 0 Å². The van der Waals surface area contributed by atoms with Crippen molar-refractivity contribution >= 4 is 11.9 Å². The summed E-state index contributed by atoms with van der Waals surface area (Å²) in [6.45, 7) is 2.91. The minimum absolute atomic E-state index is 0.134. The number of hydrogen-bond acceptors (Lipinski definition) is 3. The quantitative estimate of drug-likeness (QED) is 0.700. The third kappa shape index (κ3) is 3.87. The van der Waals surface area contributed by atoms with Crippen LogP contribution in [0.5, 0.6) is 0 Å². The molecule has 2 saturated heterocycles. The zero-order valence-electron chi connectivity index (χ0n) is 10.6. The predicted molar refractivity (Wildman–Crippen MR) is 65.9 cm³/mol. The third-order valence-electron chi connectivity index (χ3n) is 3.28. The van der Waals surface area contributed by atoms with Crippen LogP contribution in [-0.4, -0.2) is 49.3 Å². The Morgan fingerprint density at radius 3 is 3.00 bits per heavy atom. The zero-order valence-corrected chi connectivity index (χ0v) is 10.6. The van der Waals surface area contributed by atoms with Gasteiger partial charge in [0, 0.05) is 32.7 Å². The van der Waals surface area contributed by atoms with Crippen LogP contribution >= 0.6 is 0 Å². The molecule has 18 heavy (non-hydrogen) atoms. The fourth-order valence-corrected chi connectivity index (χ4v) is 2.30. The first kappa shape index (κ1) is 13.1. The van der Waals surface area contributed by atoms with Crippen LogP contribution in [0.25, 0.3) is 0 Å². The van der Waals surface area contributed by atoms with E-state index in [4.69, 9.17) is 4.74 Å². The van der Waals surface area contributed by atoms with Gasteiger partial charge >= 0.3 is 6.03 Å². The number of carbonyl (C=O) groups excluding carboxylic acids is 2. The summed E-state index contributed by atoms with van der Waals surface area (Å²) in [7, 11) is 0. The molecule has 2 fully saturated rings. The van der Waals surface area contributed by atoms with Crippen LogP contribution in [0.15, 0.2) is 0 Å². The Morgan fingerprint density at radius 1 is 1.44 bits per heavy atom. The molecule has 1 atom stereocenters. The summed E-state index contributed by atoms with van der Waals surface area (Å²) in [6, 6.07) is -0.186. The zero-order chi connectivity index (χ0) is 12.8. The van der Waals surface area contributed by atoms with Crippen molar-refractivity contribution in [3.8, 4) is 0 Å². The average Bonchev–Trinajstić information content (AvgIpc) is 2.97. The van der Waals surface area contributed by atoms with Crippen molar-refractivity contribution in [3.05, 3.63) is 0 Å². The Morgan fingerprint density at radius 2 is 2.33 bits per heavy atom. The maximum Gasteiger partial charge on any atom is 0.316 e. The van der Waals surface area contributed by atoms with Crippen LogP contribution in [0.1, 0.15) is 32.1 Å². The van der Waals surface area contributed by atoms with Gasteiger partial charge in [0.1, 0.15) is 6.23 Å². The van der Waals surface area contributed by atoms with E-state index < -0.39 is 0 Å². The molecule has 2 heterocycles. The molecule has 2 aliphatic heterocycles. The topological polar surface area (TPSA) is 70.7 Å². The smallest absolute Gasteiger partial charge is 0.316 e. The van der Waals surface area contributed by atoms with Crippen LogP contribution in [-0.2, 0) is 9.53 Å². The van der Waals surface area contributed by atoms with Gasteiger partial charge in [0.2, 0.25) is 5.91 Å². The van der Waals surface area contributed by atoms with Crippen LogP contribution in [0.2, 0.25) is 0 Å². The number of nitrogens with zero attached hydrogens (tertiary/aromatic N) is 1. The molecule has 0 saturated carbocycles. The molecule has 0 aromatic carbocycles. The van der Waals surface area contributed by atoms with Crippen molar-refractivity contribution in [2.24, 2.45) is 0 Å². The van der Waals surface area contributed by atoms with Gasteiger partial charge < -0.3 is 20.3 Å². The van der Waals surface area contributed by atoms with E-state index in [0.717, 1.165) is 45.4 Å². The van der Waals surface area contributed by atoms with E-state index in [1.807, 2.05) is 4.90 Å². The standard InChI is InChI=1S/C12H21N3O3/c16-11-5-1-7-15(11)8-3-6-13-12(17)14-10-4-2-9-18-10/h10H,1-9H2,(H2,13,14,17). The lowest BCUT2D eigenvalue weighted by atomic mass is 10.3. The summed E-state index contributed by atoms with van der Waals surface area (Å²) in [5.74, 6) is 0.235. The first-order valence-electron chi connectivity index (χ1n) is 6.69. The van der Waals surface area contributed by atoms with Crippen molar-refractivity contribution in [1.29, 1.82) is 0 Å². The number of amides is 3. The van der Waals surface area contributed by atoms with Crippen molar-refractivity contribution in [3.63, 3.8) is 0 Å². The molecular weight excluding hydrogens is 234 g/mol. The van der Waals surface area contributed by atoms with Crippen LogP contribution < -0.4 is 10.6 Å². The number of rotatable bonds is 5. The second-order valence-electron chi connectivity index (χ2n) is 4.74. The van der Waals surface area contributed by atoms with Gasteiger partial charge in [0.25, 0.3) is 0 Å². The van der Waals surface area contributed by atoms with E-state index in [-0.39, 0.29) is 18.2 Å². The highest BCUT2D eigenvalue weighted by atomic mass is 16.5. The lowest BCUT2D eigenvalue weighted by Crippen LogP contribution is -2.42. The third-order valence-corrected chi connectivity index (χ3v) is 3.28. The number of carbonyl (C=O) groups is 2. The van der Waals surface area contributed by atoms with Crippen LogP contribution in [0.4, 0.5) is 4.79 Å². The number of hydrogen-bond donors (Lipinski definition) is 2. The normalized spacial score (nSPS) is 23.4. The first-order chi connectivity index (χ1) is 8.75. The Labute approximate surface area is 107 Å².